The lowest BCUT2D eigenvalue weighted by Crippen LogP contribution is -2.49. The largest absolute Gasteiger partial charge is 0.469 e. The molecule has 0 fully saturated rings. The van der Waals surface area contributed by atoms with Gasteiger partial charge < -0.3 is 19.9 Å². The number of methoxy groups -OCH3 is 2. The topological polar surface area (TPSA) is 84.9 Å². The zero-order chi connectivity index (χ0) is 22.8. The first-order chi connectivity index (χ1) is 14.7. The number of esters is 2. The number of carbonyl (C=O) groups is 2. The van der Waals surface area contributed by atoms with Gasteiger partial charge in [0.25, 0.3) is 0 Å². The zero-order valence-corrected chi connectivity index (χ0v) is 19.5. The minimum Gasteiger partial charge on any atom is -0.469 e. The highest BCUT2D eigenvalue weighted by Gasteiger charge is 2.52. The molecule has 0 unspecified atom stereocenters. The van der Waals surface area contributed by atoms with Gasteiger partial charge in [0.1, 0.15) is 0 Å². The third-order valence-corrected chi connectivity index (χ3v) is 6.14. The molecule has 1 aliphatic carbocycles. The normalized spacial score (nSPS) is 23.3. The Morgan fingerprint density at radius 3 is 2.23 bits per heavy atom. The van der Waals surface area contributed by atoms with Gasteiger partial charge in [-0.05, 0) is 43.7 Å². The van der Waals surface area contributed by atoms with E-state index < -0.39 is 29.4 Å². The quantitative estimate of drug-likeness (QED) is 0.610. The third-order valence-electron chi connectivity index (χ3n) is 5.61. The number of nitrogens with one attached hydrogen (secondary N) is 1. The fourth-order valence-corrected chi connectivity index (χ4v) is 4.37. The summed E-state index contributed by atoms with van der Waals surface area (Å²) in [6, 6.07) is 15.0. The zero-order valence-electron chi connectivity index (χ0n) is 17.9. The van der Waals surface area contributed by atoms with E-state index in [0.717, 1.165) is 15.7 Å². The maximum atomic E-state index is 13.0. The molecule has 1 aliphatic rings. The lowest BCUT2D eigenvalue weighted by atomic mass is 9.66. The van der Waals surface area contributed by atoms with Crippen LogP contribution in [0, 0.1) is 12.8 Å². The average molecular weight is 488 g/mol. The van der Waals surface area contributed by atoms with Crippen LogP contribution in [-0.2, 0) is 19.1 Å². The summed E-state index contributed by atoms with van der Waals surface area (Å²) in [6.45, 7) is 3.57. The second-order valence-corrected chi connectivity index (χ2v) is 8.85. The van der Waals surface area contributed by atoms with E-state index in [9.17, 15) is 14.7 Å². The van der Waals surface area contributed by atoms with Crippen LogP contribution < -0.4 is 5.32 Å². The van der Waals surface area contributed by atoms with Gasteiger partial charge in [0.15, 0.2) is 0 Å². The van der Waals surface area contributed by atoms with E-state index in [1.807, 2.05) is 55.5 Å². The van der Waals surface area contributed by atoms with Crippen LogP contribution in [0.3, 0.4) is 0 Å². The second kappa shape index (κ2) is 9.24. The summed E-state index contributed by atoms with van der Waals surface area (Å²) in [4.78, 5) is 25.8. The van der Waals surface area contributed by atoms with Crippen LogP contribution in [0.15, 0.2) is 64.3 Å². The molecular formula is C24H26BrNO5. The van der Waals surface area contributed by atoms with E-state index in [1.165, 1.54) is 14.2 Å². The molecule has 2 aromatic rings. The van der Waals surface area contributed by atoms with Crippen LogP contribution in [0.5, 0.6) is 0 Å². The minimum atomic E-state index is -1.46. The Bertz CT molecular complexity index is 996. The number of benzene rings is 2. The maximum absolute atomic E-state index is 13.0. The second-order valence-electron chi connectivity index (χ2n) is 7.94. The summed E-state index contributed by atoms with van der Waals surface area (Å²) in [5.41, 5.74) is 1.91. The van der Waals surface area contributed by atoms with Crippen molar-refractivity contribution in [3.05, 3.63) is 75.4 Å². The van der Waals surface area contributed by atoms with Crippen LogP contribution in [0.4, 0.5) is 5.69 Å². The minimum absolute atomic E-state index is 0.0537. The highest BCUT2D eigenvalue weighted by molar-refractivity contribution is 9.10. The smallest absolute Gasteiger partial charge is 0.336 e. The first kappa shape index (κ1) is 23.0. The van der Waals surface area contributed by atoms with Crippen molar-refractivity contribution in [2.45, 2.75) is 31.8 Å². The van der Waals surface area contributed by atoms with Crippen molar-refractivity contribution in [1.29, 1.82) is 0 Å². The Balaban J connectivity index is 2.23. The van der Waals surface area contributed by atoms with E-state index >= 15 is 0 Å². The van der Waals surface area contributed by atoms with Crippen LogP contribution in [-0.4, -0.2) is 36.9 Å². The molecule has 31 heavy (non-hydrogen) atoms. The van der Waals surface area contributed by atoms with E-state index in [2.05, 4.69) is 21.2 Å². The predicted molar refractivity (Wildman–Crippen MR) is 121 cm³/mol. The molecule has 0 amide bonds. The van der Waals surface area contributed by atoms with E-state index in [0.29, 0.717) is 16.8 Å². The van der Waals surface area contributed by atoms with Crippen molar-refractivity contribution in [2.24, 2.45) is 5.92 Å². The molecule has 3 atom stereocenters. The van der Waals surface area contributed by atoms with Crippen molar-refractivity contribution in [3.63, 3.8) is 0 Å². The molecule has 0 heterocycles. The van der Waals surface area contributed by atoms with Gasteiger partial charge in [-0.1, -0.05) is 45.8 Å². The number of hydrogen-bond acceptors (Lipinski definition) is 6. The Morgan fingerprint density at radius 1 is 1.06 bits per heavy atom. The first-order valence-electron chi connectivity index (χ1n) is 9.88. The van der Waals surface area contributed by atoms with Crippen molar-refractivity contribution in [1.82, 2.24) is 0 Å². The first-order valence-corrected chi connectivity index (χ1v) is 10.7. The molecule has 0 aliphatic heterocycles. The molecule has 7 heteroatoms. The number of ether oxygens (including phenoxy) is 2. The van der Waals surface area contributed by atoms with Crippen LogP contribution in [0.2, 0.25) is 0 Å². The van der Waals surface area contributed by atoms with Crippen LogP contribution in [0.1, 0.15) is 30.4 Å². The summed E-state index contributed by atoms with van der Waals surface area (Å²) in [5.74, 6) is -2.90. The average Bonchev–Trinajstić information content (AvgIpc) is 2.74. The van der Waals surface area contributed by atoms with Crippen molar-refractivity contribution >= 4 is 33.6 Å². The summed E-state index contributed by atoms with van der Waals surface area (Å²) in [7, 11) is 2.58. The molecule has 0 spiro atoms. The van der Waals surface area contributed by atoms with Crippen LogP contribution in [0.25, 0.3) is 0 Å². The third kappa shape index (κ3) is 4.83. The monoisotopic (exact) mass is 487 g/mol. The number of halogens is 1. The standard InChI is InChI=1S/C24H26BrNO5/c1-14-5-11-17(12-6-14)26-18-13-24(2,29)21(23(28)31-4)19(20(18)22(27)30-3)15-7-9-16(25)10-8-15/h5-12,19,21,26,29H,13H2,1-4H3/t19-,21-,24-/m0/s1. The number of rotatable bonds is 5. The van der Waals surface area contributed by atoms with Gasteiger partial charge in [-0.15, -0.1) is 0 Å². The van der Waals surface area contributed by atoms with Crippen molar-refractivity contribution in [3.8, 4) is 0 Å². The summed E-state index contributed by atoms with van der Waals surface area (Å²) >= 11 is 3.41. The highest BCUT2D eigenvalue weighted by atomic mass is 79.9. The SMILES string of the molecule is COC(=O)C1=C(Nc2ccc(C)cc2)C[C@](C)(O)[C@H](C(=O)OC)[C@H]1c1ccc(Br)cc1. The highest BCUT2D eigenvalue weighted by Crippen LogP contribution is 2.48. The van der Waals surface area contributed by atoms with Crippen LogP contribution >= 0.6 is 15.9 Å². The predicted octanol–water partition coefficient (Wildman–Crippen LogP) is 4.32. The van der Waals surface area contributed by atoms with Gasteiger partial charge in [0.05, 0.1) is 31.3 Å². The maximum Gasteiger partial charge on any atom is 0.336 e. The summed E-state index contributed by atoms with van der Waals surface area (Å²) in [6.07, 6.45) is 0.0537. The van der Waals surface area contributed by atoms with Gasteiger partial charge in [0, 0.05) is 28.2 Å². The molecule has 0 saturated heterocycles. The van der Waals surface area contributed by atoms with Gasteiger partial charge in [-0.2, -0.15) is 0 Å². The molecule has 0 aromatic heterocycles. The van der Waals surface area contributed by atoms with Gasteiger partial charge in [0.2, 0.25) is 0 Å². The molecule has 2 aromatic carbocycles. The number of carbonyl (C=O) groups excluding carboxylic acids is 2. The molecule has 0 saturated carbocycles. The van der Waals surface area contributed by atoms with E-state index in [4.69, 9.17) is 9.47 Å². The number of anilines is 1. The lowest BCUT2D eigenvalue weighted by molar-refractivity contribution is -0.157. The number of aliphatic hydroxyl groups is 1. The van der Waals surface area contributed by atoms with Crippen molar-refractivity contribution in [2.75, 3.05) is 19.5 Å². The fraction of sp³-hybridized carbons (Fsp3) is 0.333. The Hall–Kier alpha value is -2.64. The Labute approximate surface area is 190 Å². The number of hydrogen-bond donors (Lipinski definition) is 2. The lowest BCUT2D eigenvalue weighted by Gasteiger charge is -2.42. The fourth-order valence-electron chi connectivity index (χ4n) is 4.11. The Kier molecular flexibility index (Phi) is 6.86. The number of aryl methyl sites for hydroxylation is 1. The molecule has 3 rings (SSSR count). The van der Waals surface area contributed by atoms with Gasteiger partial charge in [-0.25, -0.2) is 4.79 Å². The van der Waals surface area contributed by atoms with E-state index in [-0.39, 0.29) is 6.42 Å². The molecule has 2 N–H and O–H groups in total. The summed E-state index contributed by atoms with van der Waals surface area (Å²) in [5, 5.41) is 14.6. The molecule has 0 bridgehead atoms. The molecule has 0 radical (unpaired) electrons. The Morgan fingerprint density at radius 2 is 1.68 bits per heavy atom. The molecule has 164 valence electrons. The van der Waals surface area contributed by atoms with E-state index in [1.54, 1.807) is 6.92 Å². The summed E-state index contributed by atoms with van der Waals surface area (Å²) < 4.78 is 11.0. The molecular weight excluding hydrogens is 462 g/mol. The van der Waals surface area contributed by atoms with Crippen molar-refractivity contribution < 1.29 is 24.2 Å². The van der Waals surface area contributed by atoms with Gasteiger partial charge in [-0.3, -0.25) is 4.79 Å². The van der Waals surface area contributed by atoms with Gasteiger partial charge >= 0.3 is 11.9 Å². The molecule has 6 nitrogen and oxygen atoms in total.